The lowest BCUT2D eigenvalue weighted by molar-refractivity contribution is -0.148. The van der Waals surface area contributed by atoms with Crippen LogP contribution in [0, 0.1) is 5.92 Å². The Balaban J connectivity index is 1.39. The lowest BCUT2D eigenvalue weighted by Crippen LogP contribution is -2.46. The Bertz CT molecular complexity index is 1030. The van der Waals surface area contributed by atoms with Gasteiger partial charge in [-0.1, -0.05) is 22.0 Å². The van der Waals surface area contributed by atoms with Crippen molar-refractivity contribution in [3.8, 4) is 0 Å². The molecule has 1 aromatic carbocycles. The van der Waals surface area contributed by atoms with Gasteiger partial charge in [0.25, 0.3) is 0 Å². The number of rotatable bonds is 4. The molecule has 2 aromatic rings. The van der Waals surface area contributed by atoms with Gasteiger partial charge in [-0.05, 0) is 63.8 Å². The van der Waals surface area contributed by atoms with E-state index in [-0.39, 0.29) is 17.5 Å². The van der Waals surface area contributed by atoms with E-state index in [1.807, 2.05) is 18.2 Å². The maximum Gasteiger partial charge on any atom is 0.411 e. The second-order valence-electron chi connectivity index (χ2n) is 8.77. The van der Waals surface area contributed by atoms with Crippen molar-refractivity contribution in [1.82, 2.24) is 9.88 Å². The molecule has 1 saturated heterocycles. The molecular formula is C22H23BrN2O5. The number of amides is 1. The summed E-state index contributed by atoms with van der Waals surface area (Å²) in [6.07, 6.45) is 0.905. The van der Waals surface area contributed by atoms with E-state index in [2.05, 4.69) is 20.9 Å². The van der Waals surface area contributed by atoms with Gasteiger partial charge in [0.1, 0.15) is 17.3 Å². The Kier molecular flexibility index (Phi) is 5.30. The molecule has 1 aromatic heterocycles. The first kappa shape index (κ1) is 20.8. The minimum absolute atomic E-state index is 0.0228. The maximum atomic E-state index is 12.6. The molecule has 2 heterocycles. The zero-order valence-electron chi connectivity index (χ0n) is 17.1. The molecule has 1 aliphatic heterocycles. The highest BCUT2D eigenvalue weighted by Crippen LogP contribution is 2.48. The van der Waals surface area contributed by atoms with Crippen molar-refractivity contribution in [1.29, 1.82) is 0 Å². The molecule has 2 aliphatic rings. The van der Waals surface area contributed by atoms with Crippen molar-refractivity contribution in [3.63, 3.8) is 0 Å². The van der Waals surface area contributed by atoms with E-state index < -0.39 is 30.3 Å². The molecule has 1 saturated carbocycles. The molecule has 2 fully saturated rings. The lowest BCUT2D eigenvalue weighted by Gasteiger charge is -2.29. The van der Waals surface area contributed by atoms with Crippen LogP contribution in [-0.2, 0) is 14.3 Å². The molecular weight excluding hydrogens is 452 g/mol. The van der Waals surface area contributed by atoms with Gasteiger partial charge in [0.15, 0.2) is 6.61 Å². The maximum absolute atomic E-state index is 12.6. The van der Waals surface area contributed by atoms with Gasteiger partial charge in [0.05, 0.1) is 5.52 Å². The van der Waals surface area contributed by atoms with Gasteiger partial charge in [-0.2, -0.15) is 0 Å². The van der Waals surface area contributed by atoms with Crippen LogP contribution in [-0.4, -0.2) is 52.0 Å². The topological polar surface area (TPSA) is 85.8 Å². The fourth-order valence-corrected chi connectivity index (χ4v) is 4.18. The predicted octanol–water partition coefficient (Wildman–Crippen LogP) is 4.12. The third kappa shape index (κ3) is 4.33. The Labute approximate surface area is 182 Å². The highest BCUT2D eigenvalue weighted by molar-refractivity contribution is 9.10. The number of Topliss-reactive ketones (excluding diaryl/α,β-unsaturated/α-hetero) is 1. The van der Waals surface area contributed by atoms with Crippen LogP contribution in [0.3, 0.4) is 0 Å². The van der Waals surface area contributed by atoms with Crippen molar-refractivity contribution >= 4 is 44.7 Å². The van der Waals surface area contributed by atoms with Crippen LogP contribution in [0.5, 0.6) is 0 Å². The summed E-state index contributed by atoms with van der Waals surface area (Å²) >= 11 is 3.40. The quantitative estimate of drug-likeness (QED) is 0.489. The minimum Gasteiger partial charge on any atom is -0.456 e. The van der Waals surface area contributed by atoms with Crippen molar-refractivity contribution in [2.45, 2.75) is 51.3 Å². The fraction of sp³-hybridized carbons (Fsp3) is 0.455. The van der Waals surface area contributed by atoms with Gasteiger partial charge in [0.2, 0.25) is 5.78 Å². The van der Waals surface area contributed by atoms with E-state index in [0.717, 1.165) is 16.3 Å². The minimum atomic E-state index is -0.710. The molecule has 8 heteroatoms. The van der Waals surface area contributed by atoms with Gasteiger partial charge in [-0.3, -0.25) is 9.69 Å². The van der Waals surface area contributed by atoms with E-state index >= 15 is 0 Å². The molecule has 0 spiro atoms. The Morgan fingerprint density at radius 3 is 2.67 bits per heavy atom. The summed E-state index contributed by atoms with van der Waals surface area (Å²) < 4.78 is 11.6. The molecule has 30 heavy (non-hydrogen) atoms. The van der Waals surface area contributed by atoms with Gasteiger partial charge < -0.3 is 9.47 Å². The molecule has 158 valence electrons. The summed E-state index contributed by atoms with van der Waals surface area (Å²) in [5.74, 6) is -0.668. The number of ether oxygens (including phenoxy) is 2. The average molecular weight is 475 g/mol. The number of hydrogen-bond donors (Lipinski definition) is 0. The number of benzene rings is 1. The lowest BCUT2D eigenvalue weighted by atomic mass is 10.1. The van der Waals surface area contributed by atoms with Crippen LogP contribution < -0.4 is 0 Å². The zero-order chi connectivity index (χ0) is 21.6. The second-order valence-corrected chi connectivity index (χ2v) is 9.68. The first-order chi connectivity index (χ1) is 14.1. The number of hydrogen-bond acceptors (Lipinski definition) is 6. The standard InChI is InChI=1S/C22H23BrN2O5/c1-22(2,3)30-21(28)25-17-9-13(17)10-18(25)20(27)29-11-19(26)16-6-4-12-8-14(23)5-7-15(12)24-16/h4-8,13,17-18H,9-11H2,1-3H3/t13-,17-,18?/m1/s1. The molecule has 0 radical (unpaired) electrons. The van der Waals surface area contributed by atoms with Gasteiger partial charge in [-0.15, -0.1) is 0 Å². The largest absolute Gasteiger partial charge is 0.456 e. The first-order valence-electron chi connectivity index (χ1n) is 9.90. The third-order valence-corrected chi connectivity index (χ3v) is 5.76. The molecule has 0 N–H and O–H groups in total. The van der Waals surface area contributed by atoms with Crippen molar-refractivity contribution in [2.75, 3.05) is 6.61 Å². The van der Waals surface area contributed by atoms with Crippen LogP contribution in [0.15, 0.2) is 34.8 Å². The monoisotopic (exact) mass is 474 g/mol. The number of pyridine rings is 1. The number of piperidine rings is 1. The van der Waals surface area contributed by atoms with Crippen LogP contribution in [0.4, 0.5) is 4.79 Å². The summed E-state index contributed by atoms with van der Waals surface area (Å²) in [5.41, 5.74) is 0.268. The average Bonchev–Trinajstić information content (AvgIpc) is 3.33. The van der Waals surface area contributed by atoms with Crippen molar-refractivity contribution < 1.29 is 23.9 Å². The normalized spacial score (nSPS) is 22.5. The van der Waals surface area contributed by atoms with E-state index in [1.54, 1.807) is 32.9 Å². The summed E-state index contributed by atoms with van der Waals surface area (Å²) in [5, 5.41) is 0.899. The number of carbonyl (C=O) groups excluding carboxylic acids is 3. The Hall–Kier alpha value is -2.48. The van der Waals surface area contributed by atoms with Gasteiger partial charge in [0, 0.05) is 15.9 Å². The number of esters is 1. The Morgan fingerprint density at radius 2 is 1.93 bits per heavy atom. The SMILES string of the molecule is CC(C)(C)OC(=O)N1C(C(=O)OCC(=O)c2ccc3cc(Br)ccc3n2)C[C@H]2C[C@H]21. The highest BCUT2D eigenvalue weighted by atomic mass is 79.9. The number of fused-ring (bicyclic) bond motifs is 2. The molecule has 0 bridgehead atoms. The number of nitrogens with zero attached hydrogens (tertiary/aromatic N) is 2. The molecule has 4 rings (SSSR count). The van der Waals surface area contributed by atoms with Crippen LogP contribution in [0.25, 0.3) is 10.9 Å². The smallest absolute Gasteiger partial charge is 0.411 e. The fourth-order valence-electron chi connectivity index (χ4n) is 3.80. The second kappa shape index (κ2) is 7.65. The van der Waals surface area contributed by atoms with Gasteiger partial charge >= 0.3 is 12.1 Å². The van der Waals surface area contributed by atoms with Gasteiger partial charge in [-0.25, -0.2) is 14.6 Å². The van der Waals surface area contributed by atoms with E-state index in [0.29, 0.717) is 17.9 Å². The van der Waals surface area contributed by atoms with E-state index in [9.17, 15) is 14.4 Å². The third-order valence-electron chi connectivity index (χ3n) is 5.26. The summed E-state index contributed by atoms with van der Waals surface area (Å²) in [6.45, 7) is 4.94. The number of likely N-dealkylation sites (tertiary alicyclic amines) is 1. The summed E-state index contributed by atoms with van der Waals surface area (Å²) in [7, 11) is 0. The van der Waals surface area contributed by atoms with E-state index in [4.69, 9.17) is 9.47 Å². The number of ketones is 1. The number of carbonyl (C=O) groups is 3. The number of halogens is 1. The zero-order valence-corrected chi connectivity index (χ0v) is 18.6. The molecule has 7 nitrogen and oxygen atoms in total. The molecule has 1 amide bonds. The number of aromatic nitrogens is 1. The molecule has 1 unspecified atom stereocenters. The first-order valence-corrected chi connectivity index (χ1v) is 10.7. The summed E-state index contributed by atoms with van der Waals surface area (Å²) in [6, 6.07) is 8.30. The van der Waals surface area contributed by atoms with E-state index in [1.165, 1.54) is 4.90 Å². The van der Waals surface area contributed by atoms with Crippen LogP contribution in [0.1, 0.15) is 44.1 Å². The van der Waals surface area contributed by atoms with Crippen LogP contribution in [0.2, 0.25) is 0 Å². The molecule has 3 atom stereocenters. The Morgan fingerprint density at radius 1 is 1.17 bits per heavy atom. The summed E-state index contributed by atoms with van der Waals surface area (Å²) in [4.78, 5) is 43.5. The molecule has 1 aliphatic carbocycles. The van der Waals surface area contributed by atoms with Crippen molar-refractivity contribution in [3.05, 3.63) is 40.5 Å². The predicted molar refractivity (Wildman–Crippen MR) is 113 cm³/mol. The van der Waals surface area contributed by atoms with Crippen LogP contribution >= 0.6 is 15.9 Å². The highest BCUT2D eigenvalue weighted by Gasteiger charge is 2.57. The van der Waals surface area contributed by atoms with Crippen molar-refractivity contribution in [2.24, 2.45) is 5.92 Å².